The first kappa shape index (κ1) is 16.2. The van der Waals surface area contributed by atoms with Crippen LogP contribution in [0.2, 0.25) is 0 Å². The molecule has 0 saturated heterocycles. The van der Waals surface area contributed by atoms with Crippen LogP contribution in [0.5, 0.6) is 11.5 Å². The molecule has 2 rings (SSSR count). The topological polar surface area (TPSA) is 41.5 Å². The van der Waals surface area contributed by atoms with Crippen LogP contribution in [0.3, 0.4) is 0 Å². The van der Waals surface area contributed by atoms with Crippen LogP contribution >= 0.6 is 31.9 Å². The first-order valence-corrected chi connectivity index (χ1v) is 8.24. The first-order chi connectivity index (χ1) is 10.0. The van der Waals surface area contributed by atoms with Gasteiger partial charge in [0.05, 0.1) is 12.3 Å². The number of hydrogen-bond acceptors (Lipinski definition) is 3. The SMILES string of the molecule is CCOc1cc(CNc2c(Br)cc(C)cc2Br)ccc1O. The lowest BCUT2D eigenvalue weighted by Gasteiger charge is -2.13. The molecular formula is C16H17Br2NO2. The van der Waals surface area contributed by atoms with Crippen LogP contribution in [0, 0.1) is 6.92 Å². The van der Waals surface area contributed by atoms with Crippen LogP contribution in [0.1, 0.15) is 18.1 Å². The van der Waals surface area contributed by atoms with Gasteiger partial charge in [0, 0.05) is 15.5 Å². The summed E-state index contributed by atoms with van der Waals surface area (Å²) < 4.78 is 7.42. The van der Waals surface area contributed by atoms with Crippen molar-refractivity contribution in [2.24, 2.45) is 0 Å². The minimum absolute atomic E-state index is 0.165. The summed E-state index contributed by atoms with van der Waals surface area (Å²) in [4.78, 5) is 0. The number of anilines is 1. The molecule has 5 heteroatoms. The second-order valence-electron chi connectivity index (χ2n) is 4.69. The number of nitrogens with one attached hydrogen (secondary N) is 1. The molecule has 2 aromatic rings. The Bertz CT molecular complexity index is 621. The Morgan fingerprint density at radius 2 is 1.81 bits per heavy atom. The maximum absolute atomic E-state index is 9.71. The van der Waals surface area contributed by atoms with Gasteiger partial charge in [-0.2, -0.15) is 0 Å². The van der Waals surface area contributed by atoms with E-state index in [-0.39, 0.29) is 5.75 Å². The van der Waals surface area contributed by atoms with Crippen LogP contribution in [0.4, 0.5) is 5.69 Å². The highest BCUT2D eigenvalue weighted by Crippen LogP contribution is 2.33. The van der Waals surface area contributed by atoms with E-state index in [4.69, 9.17) is 4.74 Å². The van der Waals surface area contributed by atoms with Crippen molar-refractivity contribution in [2.45, 2.75) is 20.4 Å². The summed E-state index contributed by atoms with van der Waals surface area (Å²) >= 11 is 7.13. The summed E-state index contributed by atoms with van der Waals surface area (Å²) in [5, 5.41) is 13.1. The Kier molecular flexibility index (Phi) is 5.53. The van der Waals surface area contributed by atoms with E-state index in [1.54, 1.807) is 6.07 Å². The monoisotopic (exact) mass is 413 g/mol. The molecule has 3 nitrogen and oxygen atoms in total. The highest BCUT2D eigenvalue weighted by atomic mass is 79.9. The zero-order valence-corrected chi connectivity index (χ0v) is 15.1. The number of benzene rings is 2. The van der Waals surface area contributed by atoms with Gasteiger partial charge in [-0.1, -0.05) is 6.07 Å². The van der Waals surface area contributed by atoms with E-state index in [0.717, 1.165) is 20.2 Å². The zero-order chi connectivity index (χ0) is 15.4. The smallest absolute Gasteiger partial charge is 0.161 e. The van der Waals surface area contributed by atoms with Crippen molar-refractivity contribution < 1.29 is 9.84 Å². The molecule has 2 aromatic carbocycles. The second-order valence-corrected chi connectivity index (χ2v) is 6.40. The van der Waals surface area contributed by atoms with Gasteiger partial charge >= 0.3 is 0 Å². The predicted molar refractivity (Wildman–Crippen MR) is 93.2 cm³/mol. The van der Waals surface area contributed by atoms with Gasteiger partial charge in [-0.05, 0) is 81.1 Å². The summed E-state index contributed by atoms with van der Waals surface area (Å²) in [6.45, 7) is 5.11. The van der Waals surface area contributed by atoms with Gasteiger partial charge in [0.15, 0.2) is 11.5 Å². The van der Waals surface area contributed by atoms with Crippen molar-refractivity contribution in [1.82, 2.24) is 0 Å². The molecular weight excluding hydrogens is 398 g/mol. The Morgan fingerprint density at radius 1 is 1.14 bits per heavy atom. The van der Waals surface area contributed by atoms with E-state index in [1.165, 1.54) is 5.56 Å². The quantitative estimate of drug-likeness (QED) is 0.703. The van der Waals surface area contributed by atoms with E-state index >= 15 is 0 Å². The maximum Gasteiger partial charge on any atom is 0.161 e. The Labute approximate surface area is 141 Å². The molecule has 112 valence electrons. The fourth-order valence-electron chi connectivity index (χ4n) is 2.00. The molecule has 0 aliphatic rings. The average Bonchev–Trinajstić information content (AvgIpc) is 2.41. The third-order valence-corrected chi connectivity index (χ3v) is 4.23. The van der Waals surface area contributed by atoms with Crippen LogP contribution in [-0.4, -0.2) is 11.7 Å². The van der Waals surface area contributed by atoms with Gasteiger partial charge in [-0.25, -0.2) is 0 Å². The number of ether oxygens (including phenoxy) is 1. The number of aryl methyl sites for hydroxylation is 1. The molecule has 0 amide bonds. The third-order valence-electron chi connectivity index (χ3n) is 2.98. The van der Waals surface area contributed by atoms with E-state index < -0.39 is 0 Å². The lowest BCUT2D eigenvalue weighted by Crippen LogP contribution is -2.02. The Morgan fingerprint density at radius 3 is 2.43 bits per heavy atom. The summed E-state index contributed by atoms with van der Waals surface area (Å²) in [6, 6.07) is 9.51. The van der Waals surface area contributed by atoms with Crippen LogP contribution in [0.25, 0.3) is 0 Å². The van der Waals surface area contributed by atoms with Gasteiger partial charge < -0.3 is 15.2 Å². The fraction of sp³-hybridized carbons (Fsp3) is 0.250. The van der Waals surface area contributed by atoms with Gasteiger partial charge in [-0.3, -0.25) is 0 Å². The maximum atomic E-state index is 9.71. The number of aromatic hydroxyl groups is 1. The Balaban J connectivity index is 2.15. The standard InChI is InChI=1S/C16H17Br2NO2/c1-3-21-15-8-11(4-5-14(15)20)9-19-16-12(17)6-10(2)7-13(16)18/h4-8,19-20H,3,9H2,1-2H3. The van der Waals surface area contributed by atoms with E-state index in [0.29, 0.717) is 18.9 Å². The number of phenols is 1. The molecule has 0 aromatic heterocycles. The largest absolute Gasteiger partial charge is 0.504 e. The van der Waals surface area contributed by atoms with Gasteiger partial charge in [0.2, 0.25) is 0 Å². The highest BCUT2D eigenvalue weighted by molar-refractivity contribution is 9.11. The molecule has 0 aliphatic carbocycles. The van der Waals surface area contributed by atoms with Crippen molar-refractivity contribution >= 4 is 37.5 Å². The Hall–Kier alpha value is -1.20. The molecule has 0 spiro atoms. The van der Waals surface area contributed by atoms with Gasteiger partial charge in [0.25, 0.3) is 0 Å². The number of rotatable bonds is 5. The lowest BCUT2D eigenvalue weighted by atomic mass is 10.2. The van der Waals surface area contributed by atoms with E-state index in [1.807, 2.05) is 26.0 Å². The fourth-order valence-corrected chi connectivity index (χ4v) is 3.69. The second kappa shape index (κ2) is 7.18. The molecule has 0 saturated carbocycles. The lowest BCUT2D eigenvalue weighted by molar-refractivity contribution is 0.318. The number of hydrogen-bond donors (Lipinski definition) is 2. The van der Waals surface area contributed by atoms with Gasteiger partial charge in [-0.15, -0.1) is 0 Å². The normalized spacial score (nSPS) is 10.5. The molecule has 0 heterocycles. The molecule has 0 fully saturated rings. The van der Waals surface area contributed by atoms with Crippen LogP contribution in [0.15, 0.2) is 39.3 Å². The molecule has 0 unspecified atom stereocenters. The van der Waals surface area contributed by atoms with Crippen molar-refractivity contribution in [1.29, 1.82) is 0 Å². The van der Waals surface area contributed by atoms with Crippen molar-refractivity contribution in [3.05, 3.63) is 50.4 Å². The van der Waals surface area contributed by atoms with Crippen molar-refractivity contribution in [3.63, 3.8) is 0 Å². The molecule has 21 heavy (non-hydrogen) atoms. The molecule has 0 radical (unpaired) electrons. The highest BCUT2D eigenvalue weighted by Gasteiger charge is 2.07. The van der Waals surface area contributed by atoms with Crippen LogP contribution < -0.4 is 10.1 Å². The minimum atomic E-state index is 0.165. The van der Waals surface area contributed by atoms with E-state index in [9.17, 15) is 5.11 Å². The number of phenolic OH excluding ortho intramolecular Hbond substituents is 1. The van der Waals surface area contributed by atoms with E-state index in [2.05, 4.69) is 49.3 Å². The predicted octanol–water partition coefficient (Wildman–Crippen LogP) is 5.24. The van der Waals surface area contributed by atoms with Crippen molar-refractivity contribution in [2.75, 3.05) is 11.9 Å². The summed E-state index contributed by atoms with van der Waals surface area (Å²) in [7, 11) is 0. The average molecular weight is 415 g/mol. The van der Waals surface area contributed by atoms with Crippen molar-refractivity contribution in [3.8, 4) is 11.5 Å². The molecule has 0 bridgehead atoms. The summed E-state index contributed by atoms with van der Waals surface area (Å²) in [5.41, 5.74) is 3.23. The minimum Gasteiger partial charge on any atom is -0.504 e. The molecule has 2 N–H and O–H groups in total. The zero-order valence-electron chi connectivity index (χ0n) is 11.9. The number of halogens is 2. The third kappa shape index (κ3) is 4.14. The summed E-state index contributed by atoms with van der Waals surface area (Å²) in [5.74, 6) is 0.678. The van der Waals surface area contributed by atoms with Crippen LogP contribution in [-0.2, 0) is 6.54 Å². The van der Waals surface area contributed by atoms with Gasteiger partial charge in [0.1, 0.15) is 0 Å². The molecule has 0 atom stereocenters. The first-order valence-electron chi connectivity index (χ1n) is 6.65. The molecule has 0 aliphatic heterocycles. The summed E-state index contributed by atoms with van der Waals surface area (Å²) in [6.07, 6.45) is 0.